The van der Waals surface area contributed by atoms with Gasteiger partial charge in [-0.15, -0.1) is 0 Å². The molecule has 0 radical (unpaired) electrons. The summed E-state index contributed by atoms with van der Waals surface area (Å²) in [5.74, 6) is -0.482. The van der Waals surface area contributed by atoms with Crippen molar-refractivity contribution in [1.29, 1.82) is 0 Å². The Kier molecular flexibility index (Phi) is 4.82. The van der Waals surface area contributed by atoms with Crippen molar-refractivity contribution in [2.75, 3.05) is 0 Å². The highest BCUT2D eigenvalue weighted by molar-refractivity contribution is 7.89. The summed E-state index contributed by atoms with van der Waals surface area (Å²) in [4.78, 5) is 12.5. The number of pyridine rings is 1. The van der Waals surface area contributed by atoms with Crippen LogP contribution in [0.25, 0.3) is 11.3 Å². The average Bonchev–Trinajstić information content (AvgIpc) is 2.61. The minimum atomic E-state index is -3.80. The summed E-state index contributed by atoms with van der Waals surface area (Å²) >= 11 is 0. The van der Waals surface area contributed by atoms with Gasteiger partial charge in [-0.25, -0.2) is 17.5 Å². The summed E-state index contributed by atoms with van der Waals surface area (Å²) in [6, 6.07) is 7.12. The van der Waals surface area contributed by atoms with E-state index < -0.39 is 15.8 Å². The van der Waals surface area contributed by atoms with Gasteiger partial charge in [-0.1, -0.05) is 0 Å². The van der Waals surface area contributed by atoms with E-state index in [2.05, 4.69) is 19.7 Å². The molecule has 25 heavy (non-hydrogen) atoms. The summed E-state index contributed by atoms with van der Waals surface area (Å²) in [6.07, 6.45) is 6.29. The number of hydrogen-bond donors (Lipinski definition) is 1. The molecule has 1 aromatic carbocycles. The topological polar surface area (TPSA) is 84.8 Å². The van der Waals surface area contributed by atoms with Crippen LogP contribution in [-0.2, 0) is 16.6 Å². The lowest BCUT2D eigenvalue weighted by molar-refractivity contribution is 0.578. The second-order valence-electron chi connectivity index (χ2n) is 5.33. The fourth-order valence-electron chi connectivity index (χ4n) is 2.40. The maximum atomic E-state index is 13.2. The number of benzene rings is 1. The van der Waals surface area contributed by atoms with Crippen LogP contribution in [0, 0.1) is 12.7 Å². The van der Waals surface area contributed by atoms with Crippen LogP contribution in [-0.4, -0.2) is 23.4 Å². The van der Waals surface area contributed by atoms with Crippen LogP contribution >= 0.6 is 0 Å². The summed E-state index contributed by atoms with van der Waals surface area (Å²) in [7, 11) is -3.80. The highest BCUT2D eigenvalue weighted by Crippen LogP contribution is 2.20. The molecule has 2 aromatic heterocycles. The Morgan fingerprint density at radius 3 is 2.64 bits per heavy atom. The van der Waals surface area contributed by atoms with Gasteiger partial charge in [0.1, 0.15) is 5.82 Å². The first-order chi connectivity index (χ1) is 12.0. The van der Waals surface area contributed by atoms with Crippen molar-refractivity contribution in [3.8, 4) is 11.3 Å². The standard InChI is InChI=1S/C17H15FN4O2S/c1-12-9-14(18)4-5-16(12)25(23,24)22-11-15-17(21-8-7-20-15)13-3-2-6-19-10-13/h2-10,22H,11H2,1H3. The number of nitrogens with one attached hydrogen (secondary N) is 1. The van der Waals surface area contributed by atoms with Gasteiger partial charge in [0.2, 0.25) is 10.0 Å². The average molecular weight is 358 g/mol. The predicted octanol–water partition coefficient (Wildman–Crippen LogP) is 2.46. The third-order valence-electron chi connectivity index (χ3n) is 3.57. The highest BCUT2D eigenvalue weighted by atomic mass is 32.2. The third kappa shape index (κ3) is 3.86. The molecular weight excluding hydrogens is 343 g/mol. The van der Waals surface area contributed by atoms with E-state index in [1.165, 1.54) is 24.5 Å². The van der Waals surface area contributed by atoms with Gasteiger partial charge in [0, 0.05) is 30.4 Å². The number of halogens is 1. The van der Waals surface area contributed by atoms with Crippen LogP contribution < -0.4 is 4.72 Å². The Bertz CT molecular complexity index is 995. The van der Waals surface area contributed by atoms with Crippen LogP contribution in [0.1, 0.15) is 11.3 Å². The Balaban J connectivity index is 1.87. The molecule has 0 saturated carbocycles. The minimum Gasteiger partial charge on any atom is -0.264 e. The van der Waals surface area contributed by atoms with E-state index in [1.807, 2.05) is 6.07 Å². The van der Waals surface area contributed by atoms with Crippen molar-refractivity contribution in [2.24, 2.45) is 0 Å². The molecule has 0 fully saturated rings. The van der Waals surface area contributed by atoms with Crippen molar-refractivity contribution >= 4 is 10.0 Å². The molecule has 0 aliphatic rings. The molecule has 8 heteroatoms. The second kappa shape index (κ2) is 7.04. The van der Waals surface area contributed by atoms with Crippen molar-refractivity contribution in [1.82, 2.24) is 19.7 Å². The normalized spacial score (nSPS) is 11.4. The van der Waals surface area contributed by atoms with Gasteiger partial charge in [-0.3, -0.25) is 15.0 Å². The summed E-state index contributed by atoms with van der Waals surface area (Å²) in [5, 5.41) is 0. The Morgan fingerprint density at radius 1 is 1.12 bits per heavy atom. The maximum Gasteiger partial charge on any atom is 0.241 e. The van der Waals surface area contributed by atoms with Crippen molar-refractivity contribution in [3.05, 3.63) is 72.2 Å². The molecule has 0 saturated heterocycles. The molecule has 6 nitrogen and oxygen atoms in total. The van der Waals surface area contributed by atoms with Crippen LogP contribution in [0.5, 0.6) is 0 Å². The lowest BCUT2D eigenvalue weighted by atomic mass is 10.1. The number of rotatable bonds is 5. The zero-order chi connectivity index (χ0) is 17.9. The third-order valence-corrected chi connectivity index (χ3v) is 5.13. The molecule has 3 aromatic rings. The molecule has 0 atom stereocenters. The van der Waals surface area contributed by atoms with Crippen LogP contribution in [0.15, 0.2) is 60.0 Å². The largest absolute Gasteiger partial charge is 0.264 e. The van der Waals surface area contributed by atoms with Crippen molar-refractivity contribution in [2.45, 2.75) is 18.4 Å². The Labute approximate surface area is 144 Å². The van der Waals surface area contributed by atoms with Crippen LogP contribution in [0.2, 0.25) is 0 Å². The van der Waals surface area contributed by atoms with Gasteiger partial charge in [0.25, 0.3) is 0 Å². The minimum absolute atomic E-state index is 0.0284. The van der Waals surface area contributed by atoms with Gasteiger partial charge in [-0.2, -0.15) is 0 Å². The van der Waals surface area contributed by atoms with E-state index in [4.69, 9.17) is 0 Å². The first kappa shape index (κ1) is 17.1. The smallest absolute Gasteiger partial charge is 0.241 e. The number of nitrogens with zero attached hydrogens (tertiary/aromatic N) is 3. The molecule has 2 heterocycles. The molecule has 0 aliphatic carbocycles. The van der Waals surface area contributed by atoms with Crippen molar-refractivity contribution < 1.29 is 12.8 Å². The van der Waals surface area contributed by atoms with E-state index in [9.17, 15) is 12.8 Å². The SMILES string of the molecule is Cc1cc(F)ccc1S(=O)(=O)NCc1nccnc1-c1cccnc1. The van der Waals surface area contributed by atoms with E-state index in [0.29, 0.717) is 17.0 Å². The fraction of sp³-hybridized carbons (Fsp3) is 0.118. The first-order valence-corrected chi connectivity index (χ1v) is 8.92. The molecule has 0 unspecified atom stereocenters. The van der Waals surface area contributed by atoms with Gasteiger partial charge >= 0.3 is 0 Å². The monoisotopic (exact) mass is 358 g/mol. The predicted molar refractivity (Wildman–Crippen MR) is 90.4 cm³/mol. The van der Waals surface area contributed by atoms with Crippen molar-refractivity contribution in [3.63, 3.8) is 0 Å². The zero-order valence-corrected chi connectivity index (χ0v) is 14.2. The first-order valence-electron chi connectivity index (χ1n) is 7.43. The molecule has 0 bridgehead atoms. The second-order valence-corrected chi connectivity index (χ2v) is 7.06. The van der Waals surface area contributed by atoms with E-state index in [-0.39, 0.29) is 11.4 Å². The quantitative estimate of drug-likeness (QED) is 0.757. The lowest BCUT2D eigenvalue weighted by Gasteiger charge is -2.11. The zero-order valence-electron chi connectivity index (χ0n) is 13.3. The Hall–Kier alpha value is -2.71. The summed E-state index contributed by atoms with van der Waals surface area (Å²) < 4.78 is 40.7. The number of aromatic nitrogens is 3. The van der Waals surface area contributed by atoms with Gasteiger partial charge in [0.15, 0.2) is 0 Å². The summed E-state index contributed by atoms with van der Waals surface area (Å²) in [5.41, 5.74) is 2.09. The Morgan fingerprint density at radius 2 is 1.92 bits per heavy atom. The number of sulfonamides is 1. The van der Waals surface area contributed by atoms with Gasteiger partial charge in [-0.05, 0) is 42.8 Å². The number of aryl methyl sites for hydroxylation is 1. The number of hydrogen-bond acceptors (Lipinski definition) is 5. The fourth-order valence-corrected chi connectivity index (χ4v) is 3.61. The molecule has 128 valence electrons. The van der Waals surface area contributed by atoms with Gasteiger partial charge < -0.3 is 0 Å². The van der Waals surface area contributed by atoms with Gasteiger partial charge in [0.05, 0.1) is 22.8 Å². The van der Waals surface area contributed by atoms with Crippen LogP contribution in [0.4, 0.5) is 4.39 Å². The van der Waals surface area contributed by atoms with Crippen LogP contribution in [0.3, 0.4) is 0 Å². The lowest BCUT2D eigenvalue weighted by Crippen LogP contribution is -2.25. The summed E-state index contributed by atoms with van der Waals surface area (Å²) in [6.45, 7) is 1.50. The highest BCUT2D eigenvalue weighted by Gasteiger charge is 2.18. The molecule has 0 amide bonds. The van der Waals surface area contributed by atoms with E-state index in [0.717, 1.165) is 11.6 Å². The van der Waals surface area contributed by atoms with E-state index in [1.54, 1.807) is 25.4 Å². The maximum absolute atomic E-state index is 13.2. The molecule has 1 N–H and O–H groups in total. The molecular formula is C17H15FN4O2S. The molecule has 0 aliphatic heterocycles. The molecule has 0 spiro atoms. The van der Waals surface area contributed by atoms with E-state index >= 15 is 0 Å². The molecule has 3 rings (SSSR count).